The van der Waals surface area contributed by atoms with Gasteiger partial charge in [-0.2, -0.15) is 4.31 Å². The van der Waals surface area contributed by atoms with Crippen LogP contribution in [0, 0.1) is 0 Å². The van der Waals surface area contributed by atoms with Crippen LogP contribution in [0.3, 0.4) is 0 Å². The average molecular weight is 430 g/mol. The van der Waals surface area contributed by atoms with Crippen molar-refractivity contribution in [1.82, 2.24) is 14.5 Å². The number of aromatic nitrogens is 2. The van der Waals surface area contributed by atoms with Crippen molar-refractivity contribution in [2.24, 2.45) is 0 Å². The fourth-order valence-corrected chi connectivity index (χ4v) is 5.70. The van der Waals surface area contributed by atoms with E-state index in [1.54, 1.807) is 16.4 Å². The third-order valence-electron chi connectivity index (χ3n) is 6.27. The van der Waals surface area contributed by atoms with Crippen LogP contribution in [0.15, 0.2) is 41.3 Å². The predicted molar refractivity (Wildman–Crippen MR) is 119 cm³/mol. The molecule has 1 aromatic carbocycles. The first-order chi connectivity index (χ1) is 14.5. The van der Waals surface area contributed by atoms with Gasteiger partial charge in [-0.1, -0.05) is 19.1 Å². The highest BCUT2D eigenvalue weighted by Gasteiger charge is 2.29. The second kappa shape index (κ2) is 8.89. The Hall–Kier alpha value is -2.19. The van der Waals surface area contributed by atoms with Crippen LogP contribution >= 0.6 is 0 Å². The van der Waals surface area contributed by atoms with Crippen molar-refractivity contribution in [3.8, 4) is 0 Å². The molecule has 1 atom stereocenters. The Bertz CT molecular complexity index is 938. The number of rotatable bonds is 5. The molecule has 0 saturated carbocycles. The van der Waals surface area contributed by atoms with E-state index in [0.29, 0.717) is 37.1 Å². The molecule has 7 nitrogen and oxygen atoms in total. The normalized spacial score (nSPS) is 21.1. The first-order valence-electron chi connectivity index (χ1n) is 10.9. The predicted octanol–water partition coefficient (Wildman–Crippen LogP) is 2.93. The van der Waals surface area contributed by atoms with Crippen LogP contribution < -0.4 is 9.80 Å². The minimum Gasteiger partial charge on any atom is -0.352 e. The summed E-state index contributed by atoms with van der Waals surface area (Å²) in [5.74, 6) is 1.75. The van der Waals surface area contributed by atoms with E-state index in [-0.39, 0.29) is 0 Å². The zero-order valence-electron chi connectivity index (χ0n) is 17.9. The van der Waals surface area contributed by atoms with E-state index >= 15 is 0 Å². The first-order valence-corrected chi connectivity index (χ1v) is 12.4. The van der Waals surface area contributed by atoms with Crippen LogP contribution in [0.4, 0.5) is 11.6 Å². The molecule has 1 unspecified atom stereocenters. The number of piperidine rings is 1. The minimum absolute atomic E-state index is 0.368. The smallest absolute Gasteiger partial charge is 0.243 e. The number of hydrogen-bond acceptors (Lipinski definition) is 6. The summed E-state index contributed by atoms with van der Waals surface area (Å²) in [6.45, 7) is 7.45. The fourth-order valence-electron chi connectivity index (χ4n) is 4.28. The number of piperazine rings is 1. The van der Waals surface area contributed by atoms with Gasteiger partial charge >= 0.3 is 0 Å². The third kappa shape index (κ3) is 4.30. The van der Waals surface area contributed by atoms with Gasteiger partial charge in [-0.3, -0.25) is 0 Å². The quantitative estimate of drug-likeness (QED) is 0.728. The molecule has 1 aromatic heterocycles. The van der Waals surface area contributed by atoms with Gasteiger partial charge in [0.15, 0.2) is 11.6 Å². The second-order valence-electron chi connectivity index (χ2n) is 8.18. The molecular weight excluding hydrogens is 398 g/mol. The Balaban J connectivity index is 1.39. The van der Waals surface area contributed by atoms with Crippen LogP contribution in [-0.4, -0.2) is 61.7 Å². The number of hydrogen-bond donors (Lipinski definition) is 0. The Morgan fingerprint density at radius 1 is 0.900 bits per heavy atom. The molecule has 162 valence electrons. The van der Waals surface area contributed by atoms with Gasteiger partial charge in [0.1, 0.15) is 0 Å². The lowest BCUT2D eigenvalue weighted by molar-refractivity contribution is 0.383. The number of benzene rings is 1. The van der Waals surface area contributed by atoms with E-state index in [1.165, 1.54) is 19.3 Å². The van der Waals surface area contributed by atoms with Crippen molar-refractivity contribution in [2.45, 2.75) is 50.5 Å². The summed E-state index contributed by atoms with van der Waals surface area (Å²) in [7, 11) is -3.46. The monoisotopic (exact) mass is 429 g/mol. The second-order valence-corrected chi connectivity index (χ2v) is 10.1. The maximum absolute atomic E-state index is 13.0. The minimum atomic E-state index is -3.46. The van der Waals surface area contributed by atoms with Gasteiger partial charge in [-0.15, -0.1) is 10.2 Å². The number of nitrogens with zero attached hydrogens (tertiary/aromatic N) is 5. The van der Waals surface area contributed by atoms with Crippen LogP contribution in [0.25, 0.3) is 0 Å². The Morgan fingerprint density at radius 3 is 2.17 bits per heavy atom. The van der Waals surface area contributed by atoms with Gasteiger partial charge < -0.3 is 9.80 Å². The molecule has 0 radical (unpaired) electrons. The molecule has 2 saturated heterocycles. The molecule has 0 aliphatic carbocycles. The van der Waals surface area contributed by atoms with Crippen molar-refractivity contribution in [1.29, 1.82) is 0 Å². The molecule has 3 heterocycles. The summed E-state index contributed by atoms with van der Waals surface area (Å²) in [6, 6.07) is 11.8. The van der Waals surface area contributed by atoms with Crippen LogP contribution in [0.1, 0.15) is 38.7 Å². The standard InChI is InChI=1S/C22H31N5O2S/c1-3-19-7-9-20(10-8-19)30(28,29)26-16-14-25(15-17-26)21-11-12-22(24-23-21)27-13-5-4-6-18(27)2/h7-12,18H,3-6,13-17H2,1-2H3. The molecule has 0 amide bonds. The van der Waals surface area contributed by atoms with Gasteiger partial charge in [-0.05, 0) is 62.4 Å². The van der Waals surface area contributed by atoms with E-state index in [2.05, 4.69) is 33.8 Å². The van der Waals surface area contributed by atoms with E-state index in [9.17, 15) is 8.42 Å². The van der Waals surface area contributed by atoms with Gasteiger partial charge in [0, 0.05) is 38.8 Å². The van der Waals surface area contributed by atoms with Crippen molar-refractivity contribution in [2.75, 3.05) is 42.5 Å². The van der Waals surface area contributed by atoms with E-state index in [4.69, 9.17) is 0 Å². The summed E-state index contributed by atoms with van der Waals surface area (Å²) in [4.78, 5) is 4.81. The third-order valence-corrected chi connectivity index (χ3v) is 8.18. The van der Waals surface area contributed by atoms with E-state index < -0.39 is 10.0 Å². The molecule has 8 heteroatoms. The molecule has 0 bridgehead atoms. The SMILES string of the molecule is CCc1ccc(S(=O)(=O)N2CCN(c3ccc(N4CCCCC4C)nn3)CC2)cc1. The van der Waals surface area contributed by atoms with Gasteiger partial charge in [0.2, 0.25) is 10.0 Å². The lowest BCUT2D eigenvalue weighted by Crippen LogP contribution is -2.49. The van der Waals surface area contributed by atoms with Crippen LogP contribution in [-0.2, 0) is 16.4 Å². The summed E-state index contributed by atoms with van der Waals surface area (Å²) in [5, 5.41) is 8.90. The summed E-state index contributed by atoms with van der Waals surface area (Å²) >= 11 is 0. The van der Waals surface area contributed by atoms with E-state index in [1.807, 2.05) is 24.3 Å². The van der Waals surface area contributed by atoms with Crippen LogP contribution in [0.5, 0.6) is 0 Å². The molecular formula is C22H31N5O2S. The molecule has 2 aromatic rings. The Morgan fingerprint density at radius 2 is 1.57 bits per heavy atom. The highest BCUT2D eigenvalue weighted by molar-refractivity contribution is 7.89. The summed E-state index contributed by atoms with van der Waals surface area (Å²) in [6.07, 6.45) is 4.57. The average Bonchev–Trinajstić information content (AvgIpc) is 2.80. The van der Waals surface area contributed by atoms with Gasteiger partial charge in [0.25, 0.3) is 0 Å². The topological polar surface area (TPSA) is 69.6 Å². The van der Waals surface area contributed by atoms with Crippen molar-refractivity contribution in [3.63, 3.8) is 0 Å². The molecule has 2 aliphatic heterocycles. The van der Waals surface area contributed by atoms with Gasteiger partial charge in [-0.25, -0.2) is 8.42 Å². The fraction of sp³-hybridized carbons (Fsp3) is 0.545. The van der Waals surface area contributed by atoms with Crippen molar-refractivity contribution >= 4 is 21.7 Å². The first kappa shape index (κ1) is 21.1. The maximum Gasteiger partial charge on any atom is 0.243 e. The Labute approximate surface area is 179 Å². The van der Waals surface area contributed by atoms with E-state index in [0.717, 1.165) is 30.2 Å². The molecule has 2 aliphatic rings. The lowest BCUT2D eigenvalue weighted by atomic mass is 10.0. The van der Waals surface area contributed by atoms with Crippen molar-refractivity contribution in [3.05, 3.63) is 42.0 Å². The molecule has 0 N–H and O–H groups in total. The highest BCUT2D eigenvalue weighted by atomic mass is 32.2. The largest absolute Gasteiger partial charge is 0.352 e. The summed E-state index contributed by atoms with van der Waals surface area (Å²) < 4.78 is 27.5. The summed E-state index contributed by atoms with van der Waals surface area (Å²) in [5.41, 5.74) is 1.14. The molecule has 4 rings (SSSR count). The van der Waals surface area contributed by atoms with Gasteiger partial charge in [0.05, 0.1) is 4.90 Å². The zero-order valence-corrected chi connectivity index (χ0v) is 18.7. The van der Waals surface area contributed by atoms with Crippen molar-refractivity contribution < 1.29 is 8.42 Å². The number of anilines is 2. The zero-order chi connectivity index (χ0) is 21.1. The van der Waals surface area contributed by atoms with Crippen LogP contribution in [0.2, 0.25) is 0 Å². The molecule has 30 heavy (non-hydrogen) atoms. The number of sulfonamides is 1. The maximum atomic E-state index is 13.0. The molecule has 0 spiro atoms. The highest BCUT2D eigenvalue weighted by Crippen LogP contribution is 2.24. The molecule has 2 fully saturated rings. The number of aryl methyl sites for hydroxylation is 1. The lowest BCUT2D eigenvalue weighted by Gasteiger charge is -2.35. The Kier molecular flexibility index (Phi) is 6.24.